The standard InChI is InChI=1S/C9H9N3O2/c1-5-3-7(6(2)13)9(14)8(4-5)11-12-10/h3-4,14H,1-2H3. The number of nitrogens with zero attached hydrogens (tertiary/aromatic N) is 3. The molecule has 0 fully saturated rings. The molecule has 0 amide bonds. The Morgan fingerprint density at radius 2 is 2.21 bits per heavy atom. The van der Waals surface area contributed by atoms with Crippen molar-refractivity contribution in [3.05, 3.63) is 33.7 Å². The SMILES string of the molecule is CC(=O)c1cc(C)cc(N=[N+]=[N-])c1O. The number of phenolic OH excluding ortho intramolecular Hbond substituents is 1. The molecule has 14 heavy (non-hydrogen) atoms. The van der Waals surface area contributed by atoms with Crippen LogP contribution >= 0.6 is 0 Å². The van der Waals surface area contributed by atoms with Crippen molar-refractivity contribution in [1.82, 2.24) is 0 Å². The first-order valence-corrected chi connectivity index (χ1v) is 3.96. The lowest BCUT2D eigenvalue weighted by molar-refractivity contribution is 0.101. The van der Waals surface area contributed by atoms with Gasteiger partial charge in [0.2, 0.25) is 0 Å². The zero-order chi connectivity index (χ0) is 10.7. The fourth-order valence-electron chi connectivity index (χ4n) is 1.15. The molecule has 0 aliphatic heterocycles. The summed E-state index contributed by atoms with van der Waals surface area (Å²) >= 11 is 0. The van der Waals surface area contributed by atoms with Crippen LogP contribution in [-0.4, -0.2) is 10.9 Å². The highest BCUT2D eigenvalue weighted by Gasteiger charge is 2.10. The summed E-state index contributed by atoms with van der Waals surface area (Å²) < 4.78 is 0. The Morgan fingerprint density at radius 1 is 1.57 bits per heavy atom. The predicted octanol–water partition coefficient (Wildman–Crippen LogP) is 2.85. The Labute approximate surface area is 80.6 Å². The van der Waals surface area contributed by atoms with E-state index in [1.807, 2.05) is 0 Å². The van der Waals surface area contributed by atoms with Gasteiger partial charge in [0.15, 0.2) is 5.78 Å². The second kappa shape index (κ2) is 3.81. The molecule has 0 bridgehead atoms. The molecule has 0 aliphatic carbocycles. The van der Waals surface area contributed by atoms with Crippen LogP contribution in [0.1, 0.15) is 22.8 Å². The van der Waals surface area contributed by atoms with E-state index in [9.17, 15) is 9.90 Å². The van der Waals surface area contributed by atoms with Gasteiger partial charge in [-0.25, -0.2) is 0 Å². The van der Waals surface area contributed by atoms with Crippen LogP contribution in [0.3, 0.4) is 0 Å². The summed E-state index contributed by atoms with van der Waals surface area (Å²) in [5.74, 6) is -0.526. The maximum atomic E-state index is 11.1. The van der Waals surface area contributed by atoms with Crippen LogP contribution in [0.15, 0.2) is 17.2 Å². The van der Waals surface area contributed by atoms with Gasteiger partial charge in [0.1, 0.15) is 5.75 Å². The van der Waals surface area contributed by atoms with Gasteiger partial charge < -0.3 is 5.11 Å². The number of hydrogen-bond acceptors (Lipinski definition) is 3. The van der Waals surface area contributed by atoms with E-state index in [1.54, 1.807) is 13.0 Å². The minimum Gasteiger partial charge on any atom is -0.507 e. The summed E-state index contributed by atoms with van der Waals surface area (Å²) in [7, 11) is 0. The maximum Gasteiger partial charge on any atom is 0.163 e. The van der Waals surface area contributed by atoms with Crippen molar-refractivity contribution < 1.29 is 9.90 Å². The normalized spacial score (nSPS) is 9.29. The van der Waals surface area contributed by atoms with Gasteiger partial charge in [-0.2, -0.15) is 0 Å². The third-order valence-corrected chi connectivity index (χ3v) is 1.77. The van der Waals surface area contributed by atoms with Gasteiger partial charge in [-0.15, -0.1) is 0 Å². The average molecular weight is 191 g/mol. The number of hydrogen-bond donors (Lipinski definition) is 1. The zero-order valence-corrected chi connectivity index (χ0v) is 7.85. The molecule has 0 saturated heterocycles. The molecule has 0 radical (unpaired) electrons. The van der Waals surface area contributed by atoms with Crippen molar-refractivity contribution >= 4 is 11.5 Å². The zero-order valence-electron chi connectivity index (χ0n) is 7.85. The largest absolute Gasteiger partial charge is 0.507 e. The van der Waals surface area contributed by atoms with Crippen LogP contribution in [0.2, 0.25) is 0 Å². The van der Waals surface area contributed by atoms with E-state index in [2.05, 4.69) is 10.0 Å². The van der Waals surface area contributed by atoms with Gasteiger partial charge >= 0.3 is 0 Å². The van der Waals surface area contributed by atoms with Crippen LogP contribution in [0.5, 0.6) is 5.75 Å². The van der Waals surface area contributed by atoms with Gasteiger partial charge in [0.05, 0.1) is 11.3 Å². The van der Waals surface area contributed by atoms with E-state index in [0.29, 0.717) is 0 Å². The number of aryl methyl sites for hydroxylation is 1. The summed E-state index contributed by atoms with van der Waals surface area (Å²) in [6.07, 6.45) is 0. The smallest absolute Gasteiger partial charge is 0.163 e. The van der Waals surface area contributed by atoms with Crippen molar-refractivity contribution in [2.75, 3.05) is 0 Å². The first kappa shape index (κ1) is 10.1. The molecule has 0 saturated carbocycles. The molecular formula is C9H9N3O2. The molecule has 0 heterocycles. The molecule has 72 valence electrons. The number of benzene rings is 1. The van der Waals surface area contributed by atoms with Crippen LogP contribution in [0.4, 0.5) is 5.69 Å². The van der Waals surface area contributed by atoms with Gasteiger partial charge in [0.25, 0.3) is 0 Å². The first-order chi connectivity index (χ1) is 6.56. The van der Waals surface area contributed by atoms with Crippen molar-refractivity contribution in [2.24, 2.45) is 5.11 Å². The molecule has 1 aromatic carbocycles. The average Bonchev–Trinajstić information content (AvgIpc) is 2.10. The lowest BCUT2D eigenvalue weighted by atomic mass is 10.1. The predicted molar refractivity (Wildman–Crippen MR) is 51.7 cm³/mol. The molecule has 0 aliphatic rings. The second-order valence-electron chi connectivity index (χ2n) is 2.93. The van der Waals surface area contributed by atoms with E-state index >= 15 is 0 Å². The number of carbonyl (C=O) groups excluding carboxylic acids is 1. The Hall–Kier alpha value is -2.00. The maximum absolute atomic E-state index is 11.1. The fourth-order valence-corrected chi connectivity index (χ4v) is 1.15. The number of phenols is 1. The van der Waals surface area contributed by atoms with Gasteiger partial charge in [-0.05, 0) is 37.1 Å². The summed E-state index contributed by atoms with van der Waals surface area (Å²) in [5.41, 5.74) is 9.24. The third-order valence-electron chi connectivity index (χ3n) is 1.77. The Kier molecular flexibility index (Phi) is 2.74. The van der Waals surface area contributed by atoms with E-state index in [4.69, 9.17) is 5.53 Å². The van der Waals surface area contributed by atoms with E-state index in [1.165, 1.54) is 13.0 Å². The number of rotatable bonds is 2. The summed E-state index contributed by atoms with van der Waals surface area (Å²) in [6.45, 7) is 3.09. The highest BCUT2D eigenvalue weighted by atomic mass is 16.3. The van der Waals surface area contributed by atoms with Gasteiger partial charge in [-0.3, -0.25) is 4.79 Å². The third kappa shape index (κ3) is 1.84. The summed E-state index contributed by atoms with van der Waals surface area (Å²) in [5, 5.41) is 12.8. The molecule has 1 rings (SSSR count). The summed E-state index contributed by atoms with van der Waals surface area (Å²) in [4.78, 5) is 13.6. The highest BCUT2D eigenvalue weighted by Crippen LogP contribution is 2.32. The summed E-state index contributed by atoms with van der Waals surface area (Å²) in [6, 6.07) is 3.07. The highest BCUT2D eigenvalue weighted by molar-refractivity contribution is 5.98. The van der Waals surface area contributed by atoms with Crippen molar-refractivity contribution in [2.45, 2.75) is 13.8 Å². The quantitative estimate of drug-likeness (QED) is 0.337. The number of azide groups is 1. The monoisotopic (exact) mass is 191 g/mol. The molecule has 0 unspecified atom stereocenters. The molecule has 1 N–H and O–H groups in total. The Bertz CT molecular complexity index is 411. The van der Waals surface area contributed by atoms with E-state index in [-0.39, 0.29) is 22.8 Å². The minimum absolute atomic E-state index is 0.0812. The minimum atomic E-state index is -0.263. The number of ketones is 1. The lowest BCUT2D eigenvalue weighted by Crippen LogP contribution is -1.93. The van der Waals surface area contributed by atoms with Crippen LogP contribution < -0.4 is 0 Å². The van der Waals surface area contributed by atoms with Crippen molar-refractivity contribution in [1.29, 1.82) is 0 Å². The van der Waals surface area contributed by atoms with E-state index < -0.39 is 0 Å². The van der Waals surface area contributed by atoms with Crippen LogP contribution in [0.25, 0.3) is 10.4 Å². The first-order valence-electron chi connectivity index (χ1n) is 3.96. The number of carbonyl (C=O) groups is 1. The van der Waals surface area contributed by atoms with Crippen molar-refractivity contribution in [3.8, 4) is 5.75 Å². The topological polar surface area (TPSA) is 86.1 Å². The van der Waals surface area contributed by atoms with Crippen LogP contribution in [0, 0.1) is 6.92 Å². The van der Waals surface area contributed by atoms with Crippen LogP contribution in [-0.2, 0) is 0 Å². The second-order valence-corrected chi connectivity index (χ2v) is 2.93. The molecule has 5 heteroatoms. The van der Waals surface area contributed by atoms with Crippen molar-refractivity contribution in [3.63, 3.8) is 0 Å². The number of aromatic hydroxyl groups is 1. The Balaban J connectivity index is 3.46. The van der Waals surface area contributed by atoms with E-state index in [0.717, 1.165) is 5.56 Å². The lowest BCUT2D eigenvalue weighted by Gasteiger charge is -2.04. The molecule has 1 aromatic rings. The van der Waals surface area contributed by atoms with Gasteiger partial charge in [-0.1, -0.05) is 5.11 Å². The molecule has 0 atom stereocenters. The molecule has 5 nitrogen and oxygen atoms in total. The fraction of sp³-hybridized carbons (Fsp3) is 0.222. The molecular weight excluding hydrogens is 182 g/mol. The molecule has 0 spiro atoms. The Morgan fingerprint density at radius 3 is 2.71 bits per heavy atom. The number of Topliss-reactive ketones (excluding diaryl/α,β-unsaturated/α-hetero) is 1. The van der Waals surface area contributed by atoms with Gasteiger partial charge in [0, 0.05) is 4.91 Å². The molecule has 0 aromatic heterocycles.